The predicted molar refractivity (Wildman–Crippen MR) is 106 cm³/mol. The Labute approximate surface area is 164 Å². The molecule has 1 aliphatic heterocycles. The van der Waals surface area contributed by atoms with Crippen LogP contribution >= 0.6 is 11.6 Å². The highest BCUT2D eigenvalue weighted by Gasteiger charge is 2.45. The van der Waals surface area contributed by atoms with E-state index in [4.69, 9.17) is 11.6 Å². The standard InChI is InChI=1S/C22H22ClNO3/c1-2-3-7-13-24-19(15-9-5-4-6-10-15)18(21(26)22(24)27)20(25)16-11-8-12-17(23)14-16/h4-6,8-12,14,19,25H,2-3,7,13H2,1H3/b20-18-. The number of hydrogen-bond donors (Lipinski definition) is 1. The SMILES string of the molecule is CCCCCN1C(=O)C(=O)/C(=C(\O)c2cccc(Cl)c2)C1c1ccccc1. The van der Waals surface area contributed by atoms with Crippen LogP contribution in [-0.4, -0.2) is 28.2 Å². The van der Waals surface area contributed by atoms with Gasteiger partial charge in [-0.2, -0.15) is 0 Å². The zero-order chi connectivity index (χ0) is 19.4. The van der Waals surface area contributed by atoms with Crippen LogP contribution in [0.1, 0.15) is 43.4 Å². The van der Waals surface area contributed by atoms with Crippen LogP contribution in [0.5, 0.6) is 0 Å². The van der Waals surface area contributed by atoms with E-state index in [1.54, 1.807) is 29.2 Å². The van der Waals surface area contributed by atoms with Crippen LogP contribution in [0.3, 0.4) is 0 Å². The Balaban J connectivity index is 2.11. The molecular weight excluding hydrogens is 362 g/mol. The van der Waals surface area contributed by atoms with Crippen molar-refractivity contribution in [1.82, 2.24) is 4.90 Å². The number of hydrogen-bond acceptors (Lipinski definition) is 3. The van der Waals surface area contributed by atoms with Crippen LogP contribution in [0, 0.1) is 0 Å². The molecule has 0 saturated carbocycles. The van der Waals surface area contributed by atoms with E-state index < -0.39 is 17.7 Å². The van der Waals surface area contributed by atoms with Crippen molar-refractivity contribution >= 4 is 29.1 Å². The number of rotatable bonds is 6. The van der Waals surface area contributed by atoms with E-state index in [0.29, 0.717) is 17.1 Å². The number of halogens is 1. The normalized spacial score (nSPS) is 18.9. The second kappa shape index (κ2) is 8.40. The fraction of sp³-hybridized carbons (Fsp3) is 0.273. The van der Waals surface area contributed by atoms with Gasteiger partial charge in [0, 0.05) is 17.1 Å². The molecular formula is C22H22ClNO3. The van der Waals surface area contributed by atoms with Crippen molar-refractivity contribution in [3.8, 4) is 0 Å². The quantitative estimate of drug-likeness (QED) is 0.332. The number of Topliss-reactive ketones (excluding diaryl/α,β-unsaturated/α-hetero) is 1. The van der Waals surface area contributed by atoms with E-state index >= 15 is 0 Å². The molecule has 1 amide bonds. The molecule has 1 heterocycles. The molecule has 0 aliphatic carbocycles. The molecule has 0 bridgehead atoms. The van der Waals surface area contributed by atoms with E-state index in [2.05, 4.69) is 6.92 Å². The first-order valence-electron chi connectivity index (χ1n) is 9.14. The number of ketones is 1. The average molecular weight is 384 g/mol. The molecule has 27 heavy (non-hydrogen) atoms. The molecule has 2 aromatic rings. The third-order valence-electron chi connectivity index (χ3n) is 4.76. The zero-order valence-electron chi connectivity index (χ0n) is 15.2. The smallest absolute Gasteiger partial charge is 0.295 e. The molecule has 1 N–H and O–H groups in total. The lowest BCUT2D eigenvalue weighted by Crippen LogP contribution is -2.30. The minimum absolute atomic E-state index is 0.116. The highest BCUT2D eigenvalue weighted by atomic mass is 35.5. The molecule has 3 rings (SSSR count). The predicted octanol–water partition coefficient (Wildman–Crippen LogP) is 4.95. The van der Waals surface area contributed by atoms with Crippen molar-refractivity contribution in [2.45, 2.75) is 32.2 Å². The van der Waals surface area contributed by atoms with Crippen LogP contribution in [0.25, 0.3) is 5.76 Å². The molecule has 0 spiro atoms. The maximum absolute atomic E-state index is 12.8. The first kappa shape index (κ1) is 19.2. The monoisotopic (exact) mass is 383 g/mol. The molecule has 1 saturated heterocycles. The fourth-order valence-corrected chi connectivity index (χ4v) is 3.61. The molecule has 1 aliphatic rings. The second-order valence-corrected chi connectivity index (χ2v) is 7.06. The van der Waals surface area contributed by atoms with Gasteiger partial charge in [0.2, 0.25) is 0 Å². The van der Waals surface area contributed by atoms with Gasteiger partial charge in [0.15, 0.2) is 0 Å². The van der Waals surface area contributed by atoms with Gasteiger partial charge in [-0.05, 0) is 24.1 Å². The lowest BCUT2D eigenvalue weighted by Gasteiger charge is -2.25. The van der Waals surface area contributed by atoms with E-state index in [1.807, 2.05) is 30.3 Å². The number of nitrogens with zero attached hydrogens (tertiary/aromatic N) is 1. The highest BCUT2D eigenvalue weighted by molar-refractivity contribution is 6.46. The van der Waals surface area contributed by atoms with Gasteiger partial charge >= 0.3 is 0 Å². The number of benzene rings is 2. The van der Waals surface area contributed by atoms with Gasteiger partial charge in [-0.1, -0.05) is 73.8 Å². The number of amides is 1. The van der Waals surface area contributed by atoms with Crippen molar-refractivity contribution in [1.29, 1.82) is 0 Å². The first-order valence-corrected chi connectivity index (χ1v) is 9.51. The molecule has 0 aromatic heterocycles. The molecule has 0 radical (unpaired) electrons. The van der Waals surface area contributed by atoms with Crippen molar-refractivity contribution in [2.24, 2.45) is 0 Å². The third kappa shape index (κ3) is 3.91. The van der Waals surface area contributed by atoms with Gasteiger partial charge < -0.3 is 10.0 Å². The highest BCUT2D eigenvalue weighted by Crippen LogP contribution is 2.39. The summed E-state index contributed by atoms with van der Waals surface area (Å²) in [7, 11) is 0. The number of aliphatic hydroxyl groups excluding tert-OH is 1. The number of carbonyl (C=O) groups excluding carboxylic acids is 2. The molecule has 4 nitrogen and oxygen atoms in total. The minimum Gasteiger partial charge on any atom is -0.507 e. The Hall–Kier alpha value is -2.59. The van der Waals surface area contributed by atoms with Gasteiger partial charge in [-0.15, -0.1) is 0 Å². The summed E-state index contributed by atoms with van der Waals surface area (Å²) in [5.74, 6) is -1.41. The van der Waals surface area contributed by atoms with E-state index in [1.165, 1.54) is 0 Å². The van der Waals surface area contributed by atoms with Crippen molar-refractivity contribution in [3.05, 3.63) is 76.3 Å². The number of likely N-dealkylation sites (tertiary alicyclic amines) is 1. The maximum Gasteiger partial charge on any atom is 0.295 e. The van der Waals surface area contributed by atoms with Gasteiger partial charge in [-0.25, -0.2) is 0 Å². The van der Waals surface area contributed by atoms with Crippen molar-refractivity contribution in [2.75, 3.05) is 6.54 Å². The molecule has 140 valence electrons. The summed E-state index contributed by atoms with van der Waals surface area (Å²) in [5, 5.41) is 11.3. The summed E-state index contributed by atoms with van der Waals surface area (Å²) in [4.78, 5) is 27.1. The summed E-state index contributed by atoms with van der Waals surface area (Å²) < 4.78 is 0. The molecule has 1 atom stereocenters. The maximum atomic E-state index is 12.8. The average Bonchev–Trinajstić information content (AvgIpc) is 2.93. The largest absolute Gasteiger partial charge is 0.507 e. The molecule has 1 unspecified atom stereocenters. The Morgan fingerprint density at radius 2 is 1.81 bits per heavy atom. The Morgan fingerprint density at radius 3 is 2.48 bits per heavy atom. The van der Waals surface area contributed by atoms with Crippen molar-refractivity contribution in [3.63, 3.8) is 0 Å². The van der Waals surface area contributed by atoms with Crippen LogP contribution < -0.4 is 0 Å². The number of unbranched alkanes of at least 4 members (excludes halogenated alkanes) is 2. The van der Waals surface area contributed by atoms with Gasteiger partial charge in [0.25, 0.3) is 11.7 Å². The Morgan fingerprint density at radius 1 is 1.07 bits per heavy atom. The number of aliphatic hydroxyl groups is 1. The van der Waals surface area contributed by atoms with Gasteiger partial charge in [-0.3, -0.25) is 9.59 Å². The first-order chi connectivity index (χ1) is 13.0. The molecule has 5 heteroatoms. The zero-order valence-corrected chi connectivity index (χ0v) is 15.9. The van der Waals surface area contributed by atoms with E-state index in [-0.39, 0.29) is 11.3 Å². The topological polar surface area (TPSA) is 57.6 Å². The van der Waals surface area contributed by atoms with Crippen molar-refractivity contribution < 1.29 is 14.7 Å². The van der Waals surface area contributed by atoms with E-state index in [9.17, 15) is 14.7 Å². The second-order valence-electron chi connectivity index (χ2n) is 6.62. The van der Waals surface area contributed by atoms with Crippen LogP contribution in [0.2, 0.25) is 5.02 Å². The van der Waals surface area contributed by atoms with Gasteiger partial charge in [0.1, 0.15) is 5.76 Å². The molecule has 1 fully saturated rings. The summed E-state index contributed by atoms with van der Waals surface area (Å²) >= 11 is 6.03. The fourth-order valence-electron chi connectivity index (χ4n) is 3.42. The number of carbonyl (C=O) groups is 2. The summed E-state index contributed by atoms with van der Waals surface area (Å²) in [6, 6.07) is 15.4. The van der Waals surface area contributed by atoms with Crippen LogP contribution in [0.4, 0.5) is 0 Å². The Kier molecular flexibility index (Phi) is 5.97. The minimum atomic E-state index is -0.655. The Bertz CT molecular complexity index is 876. The van der Waals surface area contributed by atoms with Crippen LogP contribution in [0.15, 0.2) is 60.2 Å². The van der Waals surface area contributed by atoms with Crippen LogP contribution in [-0.2, 0) is 9.59 Å². The molecule has 2 aromatic carbocycles. The summed E-state index contributed by atoms with van der Waals surface area (Å²) in [5.41, 5.74) is 1.34. The third-order valence-corrected chi connectivity index (χ3v) is 4.99. The lowest BCUT2D eigenvalue weighted by molar-refractivity contribution is -0.139. The van der Waals surface area contributed by atoms with Gasteiger partial charge in [0.05, 0.1) is 11.6 Å². The summed E-state index contributed by atoms with van der Waals surface area (Å²) in [6.07, 6.45) is 2.80. The summed E-state index contributed by atoms with van der Waals surface area (Å²) in [6.45, 7) is 2.56. The van der Waals surface area contributed by atoms with E-state index in [0.717, 1.165) is 24.8 Å². The lowest BCUT2D eigenvalue weighted by atomic mass is 9.95.